The molecule has 0 saturated carbocycles. The monoisotopic (exact) mass is 330 g/mol. The molecule has 2 aromatic heterocycles. The van der Waals surface area contributed by atoms with Crippen molar-refractivity contribution in [1.82, 2.24) is 19.7 Å². The van der Waals surface area contributed by atoms with E-state index >= 15 is 0 Å². The summed E-state index contributed by atoms with van der Waals surface area (Å²) in [5.74, 6) is 0. The van der Waals surface area contributed by atoms with Gasteiger partial charge in [-0.1, -0.05) is 0 Å². The summed E-state index contributed by atoms with van der Waals surface area (Å²) in [6.07, 6.45) is -0.703. The van der Waals surface area contributed by atoms with Gasteiger partial charge >= 0.3 is 6.18 Å². The van der Waals surface area contributed by atoms with Gasteiger partial charge in [0.15, 0.2) is 5.65 Å². The molecule has 0 bridgehead atoms. The molecule has 0 aliphatic heterocycles. The van der Waals surface area contributed by atoms with E-state index in [9.17, 15) is 13.2 Å². The molecule has 0 spiro atoms. The fourth-order valence-electron chi connectivity index (χ4n) is 2.47. The van der Waals surface area contributed by atoms with Crippen LogP contribution >= 0.6 is 0 Å². The summed E-state index contributed by atoms with van der Waals surface area (Å²) in [7, 11) is 0. The number of alkyl halides is 3. The Hall–Kier alpha value is -1.67. The molecule has 0 unspecified atom stereocenters. The first-order valence-corrected chi connectivity index (χ1v) is 7.52. The first kappa shape index (κ1) is 17.7. The molecule has 23 heavy (non-hydrogen) atoms. The molecule has 0 saturated heterocycles. The number of hydrogen-bond acceptors (Lipinski definition) is 4. The fraction of sp³-hybridized carbons (Fsp3) is 0.600. The molecule has 1 N–H and O–H groups in total. The van der Waals surface area contributed by atoms with Crippen LogP contribution in [-0.4, -0.2) is 50.6 Å². The molecule has 128 valence electrons. The number of aliphatic hydroxyl groups excluding tert-OH is 1. The molecule has 2 heterocycles. The second-order valence-corrected chi connectivity index (χ2v) is 5.84. The van der Waals surface area contributed by atoms with Crippen molar-refractivity contribution in [3.05, 3.63) is 24.0 Å². The lowest BCUT2D eigenvalue weighted by atomic mass is 10.2. The molecule has 2 rings (SSSR count). The van der Waals surface area contributed by atoms with Crippen molar-refractivity contribution in [2.24, 2.45) is 0 Å². The van der Waals surface area contributed by atoms with Gasteiger partial charge in [-0.15, -0.1) is 0 Å². The van der Waals surface area contributed by atoms with E-state index in [1.807, 2.05) is 19.9 Å². The highest BCUT2D eigenvalue weighted by Crippen LogP contribution is 2.20. The predicted octanol–water partition coefficient (Wildman–Crippen LogP) is 2.76. The molecule has 0 aliphatic carbocycles. The van der Waals surface area contributed by atoms with Crippen LogP contribution in [0.5, 0.6) is 0 Å². The van der Waals surface area contributed by atoms with Gasteiger partial charge in [0, 0.05) is 37.3 Å². The standard InChI is InChI=1S/C15H21F3N4O/c1-11(2)22-14-13(8-20-22)6-12(7-19-14)9-21(4-3-5-23)10-15(16,17)18/h6-8,11,23H,3-5,9-10H2,1-2H3. The van der Waals surface area contributed by atoms with Crippen molar-refractivity contribution in [1.29, 1.82) is 0 Å². The first-order chi connectivity index (χ1) is 10.8. The highest BCUT2D eigenvalue weighted by atomic mass is 19.4. The van der Waals surface area contributed by atoms with Crippen molar-refractivity contribution >= 4 is 11.0 Å². The number of nitrogens with zero attached hydrogens (tertiary/aromatic N) is 4. The molecule has 0 aliphatic rings. The van der Waals surface area contributed by atoms with Crippen LogP contribution < -0.4 is 0 Å². The van der Waals surface area contributed by atoms with E-state index in [0.717, 1.165) is 11.0 Å². The normalized spacial score (nSPS) is 12.7. The van der Waals surface area contributed by atoms with Crippen LogP contribution in [0, 0.1) is 0 Å². The second-order valence-electron chi connectivity index (χ2n) is 5.84. The second kappa shape index (κ2) is 7.27. The Balaban J connectivity index is 2.17. The van der Waals surface area contributed by atoms with Crippen LogP contribution in [0.4, 0.5) is 13.2 Å². The third-order valence-electron chi connectivity index (χ3n) is 3.42. The van der Waals surface area contributed by atoms with Crippen molar-refractivity contribution in [3.8, 4) is 0 Å². The molecule has 8 heteroatoms. The van der Waals surface area contributed by atoms with Gasteiger partial charge in [0.1, 0.15) is 0 Å². The van der Waals surface area contributed by atoms with Gasteiger partial charge in [-0.25, -0.2) is 9.67 Å². The van der Waals surface area contributed by atoms with Crippen molar-refractivity contribution in [2.45, 2.75) is 39.0 Å². The Kier molecular flexibility index (Phi) is 5.59. The third-order valence-corrected chi connectivity index (χ3v) is 3.42. The maximum Gasteiger partial charge on any atom is 0.401 e. The Morgan fingerprint density at radius 2 is 2.04 bits per heavy atom. The average Bonchev–Trinajstić information content (AvgIpc) is 2.86. The minimum atomic E-state index is -4.27. The lowest BCUT2D eigenvalue weighted by molar-refractivity contribution is -0.147. The number of hydrogen-bond donors (Lipinski definition) is 1. The molecule has 0 amide bonds. The van der Waals surface area contributed by atoms with Crippen LogP contribution in [0.15, 0.2) is 18.5 Å². The van der Waals surface area contributed by atoms with Gasteiger partial charge in [-0.3, -0.25) is 4.90 Å². The number of aliphatic hydroxyl groups is 1. The summed E-state index contributed by atoms with van der Waals surface area (Å²) < 4.78 is 39.7. The molecular weight excluding hydrogens is 309 g/mol. The smallest absolute Gasteiger partial charge is 0.396 e. The largest absolute Gasteiger partial charge is 0.401 e. The highest BCUT2D eigenvalue weighted by molar-refractivity contribution is 5.75. The van der Waals surface area contributed by atoms with E-state index in [-0.39, 0.29) is 25.7 Å². The van der Waals surface area contributed by atoms with Gasteiger partial charge in [0.05, 0.1) is 12.7 Å². The van der Waals surface area contributed by atoms with Crippen molar-refractivity contribution < 1.29 is 18.3 Å². The lowest BCUT2D eigenvalue weighted by Gasteiger charge is -2.23. The number of pyridine rings is 1. The molecule has 0 atom stereocenters. The molecule has 0 fully saturated rings. The summed E-state index contributed by atoms with van der Waals surface area (Å²) in [5.41, 5.74) is 1.42. The zero-order valence-corrected chi connectivity index (χ0v) is 13.2. The fourth-order valence-corrected chi connectivity index (χ4v) is 2.47. The summed E-state index contributed by atoms with van der Waals surface area (Å²) in [4.78, 5) is 5.61. The quantitative estimate of drug-likeness (QED) is 0.848. The van der Waals surface area contributed by atoms with E-state index in [4.69, 9.17) is 5.11 Å². The highest BCUT2D eigenvalue weighted by Gasteiger charge is 2.30. The zero-order valence-electron chi connectivity index (χ0n) is 13.2. The predicted molar refractivity (Wildman–Crippen MR) is 80.9 cm³/mol. The molecule has 2 aromatic rings. The topological polar surface area (TPSA) is 54.2 Å². The maximum absolute atomic E-state index is 12.6. The summed E-state index contributed by atoms with van der Waals surface area (Å²) >= 11 is 0. The van der Waals surface area contributed by atoms with E-state index in [1.165, 1.54) is 4.90 Å². The van der Waals surface area contributed by atoms with Crippen LogP contribution in [0.1, 0.15) is 31.9 Å². The van der Waals surface area contributed by atoms with Gasteiger partial charge < -0.3 is 5.11 Å². The summed E-state index contributed by atoms with van der Waals surface area (Å²) in [5, 5.41) is 13.9. The van der Waals surface area contributed by atoms with Gasteiger partial charge in [0.25, 0.3) is 0 Å². The van der Waals surface area contributed by atoms with Gasteiger partial charge in [0.2, 0.25) is 0 Å². The SMILES string of the molecule is CC(C)n1ncc2cc(CN(CCCO)CC(F)(F)F)cnc21. The maximum atomic E-state index is 12.6. The van der Waals surface area contributed by atoms with Crippen LogP contribution in [0.3, 0.4) is 0 Å². The summed E-state index contributed by atoms with van der Waals surface area (Å²) in [6, 6.07) is 1.98. The van der Waals surface area contributed by atoms with E-state index in [1.54, 1.807) is 17.1 Å². The van der Waals surface area contributed by atoms with Crippen molar-refractivity contribution in [3.63, 3.8) is 0 Å². The van der Waals surface area contributed by atoms with Crippen LogP contribution in [0.2, 0.25) is 0 Å². The first-order valence-electron chi connectivity index (χ1n) is 7.52. The zero-order chi connectivity index (χ0) is 17.0. The average molecular weight is 330 g/mol. The van der Waals surface area contributed by atoms with Gasteiger partial charge in [-0.05, 0) is 31.9 Å². The summed E-state index contributed by atoms with van der Waals surface area (Å²) in [6.45, 7) is 3.15. The Morgan fingerprint density at radius 1 is 1.30 bits per heavy atom. The van der Waals surface area contributed by atoms with Crippen molar-refractivity contribution in [2.75, 3.05) is 19.7 Å². The lowest BCUT2D eigenvalue weighted by Crippen LogP contribution is -2.34. The Bertz CT molecular complexity index is 639. The van der Waals surface area contributed by atoms with E-state index < -0.39 is 12.7 Å². The van der Waals surface area contributed by atoms with E-state index in [2.05, 4.69) is 10.1 Å². The molecule has 0 aromatic carbocycles. The van der Waals surface area contributed by atoms with Gasteiger partial charge in [-0.2, -0.15) is 18.3 Å². The molecule has 0 radical (unpaired) electrons. The minimum absolute atomic E-state index is 0.132. The number of rotatable bonds is 7. The number of aromatic nitrogens is 3. The number of halogens is 3. The van der Waals surface area contributed by atoms with Crippen LogP contribution in [-0.2, 0) is 6.54 Å². The molecular formula is C15H21F3N4O. The Labute approximate surface area is 132 Å². The van der Waals surface area contributed by atoms with Crippen LogP contribution in [0.25, 0.3) is 11.0 Å². The Morgan fingerprint density at radius 3 is 2.65 bits per heavy atom. The third kappa shape index (κ3) is 4.90. The minimum Gasteiger partial charge on any atom is -0.396 e. The van der Waals surface area contributed by atoms with E-state index in [0.29, 0.717) is 12.0 Å². The number of fused-ring (bicyclic) bond motifs is 1. The molecule has 5 nitrogen and oxygen atoms in total.